The molecule has 3 N–H and O–H groups in total. The number of carbonyl (C=O) groups excluding carboxylic acids is 1. The van der Waals surface area contributed by atoms with Crippen LogP contribution in [0.15, 0.2) is 6.20 Å². The summed E-state index contributed by atoms with van der Waals surface area (Å²) in [7, 11) is 0. The first-order valence-electron chi connectivity index (χ1n) is 4.56. The summed E-state index contributed by atoms with van der Waals surface area (Å²) in [6.45, 7) is 3.84. The third kappa shape index (κ3) is 5.71. The summed E-state index contributed by atoms with van der Waals surface area (Å²) >= 11 is 1.48. The van der Waals surface area contributed by atoms with Crippen LogP contribution in [0.5, 0.6) is 0 Å². The van der Waals surface area contributed by atoms with Crippen LogP contribution in [-0.4, -0.2) is 16.9 Å². The third-order valence-corrected chi connectivity index (χ3v) is 2.52. The van der Waals surface area contributed by atoms with Crippen molar-refractivity contribution in [1.29, 1.82) is 0 Å². The van der Waals surface area contributed by atoms with Gasteiger partial charge in [-0.3, -0.25) is 4.79 Å². The van der Waals surface area contributed by atoms with Crippen molar-refractivity contribution in [3.63, 3.8) is 0 Å². The second-order valence-electron chi connectivity index (χ2n) is 3.34. The van der Waals surface area contributed by atoms with E-state index in [4.69, 9.17) is 5.73 Å². The average Bonchev–Trinajstić information content (AvgIpc) is 2.48. The molecule has 0 aliphatic carbocycles. The van der Waals surface area contributed by atoms with Gasteiger partial charge in [0.1, 0.15) is 0 Å². The molecule has 86 valence electrons. The van der Waals surface area contributed by atoms with Gasteiger partial charge >= 0.3 is 0 Å². The second-order valence-corrected chi connectivity index (χ2v) is 4.57. The van der Waals surface area contributed by atoms with E-state index in [-0.39, 0.29) is 24.4 Å². The zero-order valence-corrected chi connectivity index (χ0v) is 10.5. The number of aryl methyl sites for hydroxylation is 1. The Morgan fingerprint density at radius 3 is 2.87 bits per heavy atom. The fraction of sp³-hybridized carbons (Fsp3) is 0.556. The number of nitrogens with two attached hydrogens (primary N) is 1. The maximum atomic E-state index is 11.3. The van der Waals surface area contributed by atoms with Gasteiger partial charge in [0, 0.05) is 23.5 Å². The highest BCUT2D eigenvalue weighted by Gasteiger charge is 2.05. The monoisotopic (exact) mass is 249 g/mol. The van der Waals surface area contributed by atoms with Gasteiger partial charge in [-0.25, -0.2) is 4.98 Å². The van der Waals surface area contributed by atoms with Crippen molar-refractivity contribution >= 4 is 34.8 Å². The molecule has 0 saturated carbocycles. The smallest absolute Gasteiger partial charge is 0.226 e. The molecule has 0 saturated heterocycles. The van der Waals surface area contributed by atoms with E-state index in [0.29, 0.717) is 18.0 Å². The van der Waals surface area contributed by atoms with E-state index in [9.17, 15) is 4.79 Å². The fourth-order valence-corrected chi connectivity index (χ4v) is 1.63. The van der Waals surface area contributed by atoms with Gasteiger partial charge < -0.3 is 11.1 Å². The Labute approximate surface area is 99.7 Å². The highest BCUT2D eigenvalue weighted by Crippen LogP contribution is 2.16. The summed E-state index contributed by atoms with van der Waals surface area (Å²) in [6, 6.07) is 0.0683. The minimum absolute atomic E-state index is 0. The molecule has 0 aromatic carbocycles. The van der Waals surface area contributed by atoms with Crippen molar-refractivity contribution in [2.24, 2.45) is 5.73 Å². The molecule has 15 heavy (non-hydrogen) atoms. The number of nitrogens with one attached hydrogen (secondary N) is 1. The highest BCUT2D eigenvalue weighted by molar-refractivity contribution is 7.15. The van der Waals surface area contributed by atoms with Crippen LogP contribution in [0.1, 0.15) is 24.6 Å². The van der Waals surface area contributed by atoms with E-state index >= 15 is 0 Å². The standard InChI is InChI=1S/C9H15N3OS.ClH/c1-6(10)3-4-8(13)12-9-11-5-7(2)14-9;/h5-6H,3-4,10H2,1-2H3,(H,11,12,13);1H. The van der Waals surface area contributed by atoms with Crippen LogP contribution in [0, 0.1) is 6.92 Å². The van der Waals surface area contributed by atoms with E-state index in [0.717, 1.165) is 4.88 Å². The van der Waals surface area contributed by atoms with Gasteiger partial charge in [-0.1, -0.05) is 0 Å². The number of anilines is 1. The molecule has 1 atom stereocenters. The van der Waals surface area contributed by atoms with Crippen molar-refractivity contribution in [3.8, 4) is 0 Å². The quantitative estimate of drug-likeness (QED) is 0.857. The summed E-state index contributed by atoms with van der Waals surface area (Å²) in [5.41, 5.74) is 5.55. The van der Waals surface area contributed by atoms with Crippen LogP contribution in [0.25, 0.3) is 0 Å². The molecule has 1 heterocycles. The van der Waals surface area contributed by atoms with Crippen molar-refractivity contribution in [1.82, 2.24) is 4.98 Å². The average molecular weight is 250 g/mol. The van der Waals surface area contributed by atoms with Crippen molar-refractivity contribution in [3.05, 3.63) is 11.1 Å². The molecule has 1 aromatic rings. The summed E-state index contributed by atoms with van der Waals surface area (Å²) in [6.07, 6.45) is 2.90. The maximum absolute atomic E-state index is 11.3. The topological polar surface area (TPSA) is 68.0 Å². The number of thiazole rings is 1. The van der Waals surface area contributed by atoms with Gasteiger partial charge in [-0.2, -0.15) is 0 Å². The van der Waals surface area contributed by atoms with Crippen molar-refractivity contribution in [2.45, 2.75) is 32.7 Å². The van der Waals surface area contributed by atoms with E-state index < -0.39 is 0 Å². The summed E-state index contributed by atoms with van der Waals surface area (Å²) in [5.74, 6) is -0.0170. The van der Waals surface area contributed by atoms with Crippen molar-refractivity contribution < 1.29 is 4.79 Å². The van der Waals surface area contributed by atoms with Gasteiger partial charge in [0.15, 0.2) is 5.13 Å². The molecule has 1 unspecified atom stereocenters. The SMILES string of the molecule is Cc1cnc(NC(=O)CCC(C)N)s1.Cl. The van der Waals surface area contributed by atoms with Crippen LogP contribution >= 0.6 is 23.7 Å². The van der Waals surface area contributed by atoms with E-state index in [1.54, 1.807) is 6.20 Å². The summed E-state index contributed by atoms with van der Waals surface area (Å²) < 4.78 is 0. The molecular weight excluding hydrogens is 234 g/mol. The molecule has 0 radical (unpaired) electrons. The van der Waals surface area contributed by atoms with E-state index in [1.165, 1.54) is 11.3 Å². The summed E-state index contributed by atoms with van der Waals surface area (Å²) in [4.78, 5) is 16.5. The molecule has 1 amide bonds. The molecule has 1 rings (SSSR count). The minimum Gasteiger partial charge on any atom is -0.328 e. The molecule has 0 bridgehead atoms. The van der Waals surface area contributed by atoms with E-state index in [2.05, 4.69) is 10.3 Å². The Bertz CT molecular complexity index is 314. The number of nitrogens with zero attached hydrogens (tertiary/aromatic N) is 1. The van der Waals surface area contributed by atoms with E-state index in [1.807, 2.05) is 13.8 Å². The number of amides is 1. The predicted molar refractivity (Wildman–Crippen MR) is 65.6 cm³/mol. The van der Waals surface area contributed by atoms with Gasteiger partial charge in [0.05, 0.1) is 0 Å². The number of hydrogen-bond donors (Lipinski definition) is 2. The molecule has 6 heteroatoms. The molecule has 0 aliphatic rings. The van der Waals surface area contributed by atoms with Crippen LogP contribution in [0.2, 0.25) is 0 Å². The molecule has 0 spiro atoms. The predicted octanol–water partition coefficient (Wildman–Crippen LogP) is 1.94. The maximum Gasteiger partial charge on any atom is 0.226 e. The Balaban J connectivity index is 0.00000196. The largest absolute Gasteiger partial charge is 0.328 e. The van der Waals surface area contributed by atoms with Gasteiger partial charge in [0.2, 0.25) is 5.91 Å². The zero-order chi connectivity index (χ0) is 10.6. The lowest BCUT2D eigenvalue weighted by atomic mass is 10.2. The lowest BCUT2D eigenvalue weighted by Crippen LogP contribution is -2.19. The van der Waals surface area contributed by atoms with Crippen LogP contribution in [0.3, 0.4) is 0 Å². The fourth-order valence-electron chi connectivity index (χ4n) is 0.953. The number of hydrogen-bond acceptors (Lipinski definition) is 4. The third-order valence-electron chi connectivity index (χ3n) is 1.69. The first-order valence-corrected chi connectivity index (χ1v) is 5.37. The first-order chi connectivity index (χ1) is 6.58. The number of halogens is 1. The second kappa shape index (κ2) is 6.76. The van der Waals surface area contributed by atoms with Crippen LogP contribution in [0.4, 0.5) is 5.13 Å². The highest BCUT2D eigenvalue weighted by atomic mass is 35.5. The van der Waals surface area contributed by atoms with Gasteiger partial charge in [-0.05, 0) is 20.3 Å². The number of aromatic nitrogens is 1. The normalized spacial score (nSPS) is 11.7. The molecule has 1 aromatic heterocycles. The van der Waals surface area contributed by atoms with Gasteiger partial charge in [-0.15, -0.1) is 23.7 Å². The van der Waals surface area contributed by atoms with Gasteiger partial charge in [0.25, 0.3) is 0 Å². The molecular formula is C9H16ClN3OS. The Hall–Kier alpha value is -0.650. The van der Waals surface area contributed by atoms with Crippen molar-refractivity contribution in [2.75, 3.05) is 5.32 Å². The number of carbonyl (C=O) groups is 1. The Kier molecular flexibility index (Phi) is 6.47. The number of rotatable bonds is 4. The van der Waals surface area contributed by atoms with Crippen LogP contribution in [-0.2, 0) is 4.79 Å². The molecule has 0 aliphatic heterocycles. The Morgan fingerprint density at radius 1 is 1.73 bits per heavy atom. The summed E-state index contributed by atoms with van der Waals surface area (Å²) in [5, 5.41) is 3.40. The Morgan fingerprint density at radius 2 is 2.40 bits per heavy atom. The molecule has 4 nitrogen and oxygen atoms in total. The zero-order valence-electron chi connectivity index (χ0n) is 8.82. The minimum atomic E-state index is -0.0170. The lowest BCUT2D eigenvalue weighted by molar-refractivity contribution is -0.116. The lowest BCUT2D eigenvalue weighted by Gasteiger charge is -2.03. The first kappa shape index (κ1) is 14.3. The van der Waals surface area contributed by atoms with Crippen LogP contribution < -0.4 is 11.1 Å². The molecule has 0 fully saturated rings.